The first-order valence-electron chi connectivity index (χ1n) is 5.70. The molecule has 84 valence electrons. The van der Waals surface area contributed by atoms with Gasteiger partial charge >= 0.3 is 0 Å². The van der Waals surface area contributed by atoms with Gasteiger partial charge in [-0.2, -0.15) is 0 Å². The van der Waals surface area contributed by atoms with Crippen molar-refractivity contribution in [3.05, 3.63) is 48.1 Å². The third-order valence-electron chi connectivity index (χ3n) is 2.25. The molecular weight excluding hydrogens is 180 g/mol. The second-order valence-corrected chi connectivity index (χ2v) is 4.39. The maximum Gasteiger partial charge on any atom is -0.0343 e. The van der Waals surface area contributed by atoms with E-state index in [-0.39, 0.29) is 0 Å². The van der Waals surface area contributed by atoms with Gasteiger partial charge in [0.2, 0.25) is 0 Å². The quantitative estimate of drug-likeness (QED) is 0.531. The first-order chi connectivity index (χ1) is 7.06. The number of hydrogen-bond acceptors (Lipinski definition) is 0. The summed E-state index contributed by atoms with van der Waals surface area (Å²) in [5.74, 6) is 0.793. The Morgan fingerprint density at radius 1 is 1.20 bits per heavy atom. The lowest BCUT2D eigenvalue weighted by molar-refractivity contribution is 0.593. The molecule has 0 saturated carbocycles. The molecule has 0 spiro atoms. The molecule has 0 aliphatic heterocycles. The molecule has 0 aromatic heterocycles. The molecule has 0 aromatic carbocycles. The van der Waals surface area contributed by atoms with Crippen molar-refractivity contribution in [2.75, 3.05) is 0 Å². The minimum Gasteiger partial charge on any atom is -0.0988 e. The van der Waals surface area contributed by atoms with Crippen molar-refractivity contribution in [3.63, 3.8) is 0 Å². The van der Waals surface area contributed by atoms with E-state index in [1.807, 2.05) is 6.08 Å². The third kappa shape index (κ3) is 9.27. The minimum atomic E-state index is 0.793. The second kappa shape index (κ2) is 8.28. The summed E-state index contributed by atoms with van der Waals surface area (Å²) in [7, 11) is 0. The highest BCUT2D eigenvalue weighted by molar-refractivity contribution is 5.25. The van der Waals surface area contributed by atoms with Crippen molar-refractivity contribution in [3.8, 4) is 0 Å². The predicted molar refractivity (Wildman–Crippen MR) is 70.9 cm³/mol. The topological polar surface area (TPSA) is 0 Å². The number of allylic oxidation sites excluding steroid dienone is 7. The molecule has 0 heterocycles. The van der Waals surface area contributed by atoms with Gasteiger partial charge < -0.3 is 0 Å². The van der Waals surface area contributed by atoms with E-state index in [2.05, 4.69) is 58.6 Å². The molecule has 0 saturated heterocycles. The summed E-state index contributed by atoms with van der Waals surface area (Å²) in [6, 6.07) is 0. The van der Waals surface area contributed by atoms with E-state index in [4.69, 9.17) is 0 Å². The predicted octanol–water partition coefficient (Wildman–Crippen LogP) is 5.06. The van der Waals surface area contributed by atoms with Crippen LogP contribution < -0.4 is 0 Å². The van der Waals surface area contributed by atoms with Gasteiger partial charge in [0.15, 0.2) is 0 Å². The van der Waals surface area contributed by atoms with Crippen LogP contribution in [0, 0.1) is 5.92 Å². The first kappa shape index (κ1) is 14.0. The van der Waals surface area contributed by atoms with Gasteiger partial charge in [0.1, 0.15) is 0 Å². The largest absolute Gasteiger partial charge is 0.0988 e. The fourth-order valence-corrected chi connectivity index (χ4v) is 1.13. The van der Waals surface area contributed by atoms with Gasteiger partial charge in [-0.3, -0.25) is 0 Å². The summed E-state index contributed by atoms with van der Waals surface area (Å²) in [5.41, 5.74) is 2.53. The molecule has 0 N–H and O–H groups in total. The smallest absolute Gasteiger partial charge is 0.0343 e. The lowest BCUT2D eigenvalue weighted by Crippen LogP contribution is -1.84. The van der Waals surface area contributed by atoms with Crippen LogP contribution in [0.3, 0.4) is 0 Å². The van der Waals surface area contributed by atoms with E-state index in [0.717, 1.165) is 5.92 Å². The van der Waals surface area contributed by atoms with Crippen molar-refractivity contribution < 1.29 is 0 Å². The van der Waals surface area contributed by atoms with Gasteiger partial charge in [-0.1, -0.05) is 62.0 Å². The lowest BCUT2D eigenvalue weighted by atomic mass is 10.1. The van der Waals surface area contributed by atoms with Gasteiger partial charge in [0, 0.05) is 0 Å². The van der Waals surface area contributed by atoms with E-state index in [1.165, 1.54) is 24.0 Å². The van der Waals surface area contributed by atoms with E-state index in [9.17, 15) is 0 Å². The Hall–Kier alpha value is -1.04. The van der Waals surface area contributed by atoms with Crippen LogP contribution in [0.1, 0.15) is 40.5 Å². The van der Waals surface area contributed by atoms with Crippen LogP contribution in [-0.4, -0.2) is 0 Å². The molecule has 0 rings (SSSR count). The summed E-state index contributed by atoms with van der Waals surface area (Å²) in [6.07, 6.45) is 12.9. The highest BCUT2D eigenvalue weighted by Gasteiger charge is 1.90. The maximum atomic E-state index is 3.71. The van der Waals surface area contributed by atoms with E-state index in [1.54, 1.807) is 0 Å². The molecule has 0 amide bonds. The fraction of sp³-hybridized carbons (Fsp3) is 0.467. The molecule has 0 unspecified atom stereocenters. The molecule has 0 nitrogen and oxygen atoms in total. The Bertz CT molecular complexity index is 262. The number of rotatable bonds is 6. The third-order valence-corrected chi connectivity index (χ3v) is 2.25. The van der Waals surface area contributed by atoms with Crippen LogP contribution in [0.2, 0.25) is 0 Å². The monoisotopic (exact) mass is 204 g/mol. The number of hydrogen-bond donors (Lipinski definition) is 0. The maximum absolute atomic E-state index is 3.71. The van der Waals surface area contributed by atoms with Gasteiger partial charge in [-0.05, 0) is 32.6 Å². The molecule has 0 heteroatoms. The van der Waals surface area contributed by atoms with Crippen LogP contribution >= 0.6 is 0 Å². The molecular formula is C15H24. The van der Waals surface area contributed by atoms with Crippen molar-refractivity contribution in [2.24, 2.45) is 5.92 Å². The van der Waals surface area contributed by atoms with E-state index >= 15 is 0 Å². The summed E-state index contributed by atoms with van der Waals surface area (Å²) in [4.78, 5) is 0. The summed E-state index contributed by atoms with van der Waals surface area (Å²) in [5, 5.41) is 0. The highest BCUT2D eigenvalue weighted by atomic mass is 14.0. The Labute approximate surface area is 95.1 Å². The van der Waals surface area contributed by atoms with Gasteiger partial charge in [0.25, 0.3) is 0 Å². The Balaban J connectivity index is 4.01. The molecule has 0 bridgehead atoms. The van der Waals surface area contributed by atoms with Crippen molar-refractivity contribution >= 4 is 0 Å². The van der Waals surface area contributed by atoms with Crippen LogP contribution in [0.4, 0.5) is 0 Å². The van der Waals surface area contributed by atoms with Gasteiger partial charge in [-0.25, -0.2) is 0 Å². The van der Waals surface area contributed by atoms with Crippen LogP contribution in [-0.2, 0) is 0 Å². The second-order valence-electron chi connectivity index (χ2n) is 4.39. The molecule has 0 aliphatic rings. The van der Waals surface area contributed by atoms with Crippen molar-refractivity contribution in [1.29, 1.82) is 0 Å². The van der Waals surface area contributed by atoms with Crippen LogP contribution in [0.25, 0.3) is 0 Å². The standard InChI is InChI=1S/C15H24/c1-6-14(4)10-8-12-15(5)11-7-9-13(2)3/h6,8,10-13H,1,7,9H2,2-5H3. The minimum absolute atomic E-state index is 0.793. The molecule has 0 fully saturated rings. The average molecular weight is 204 g/mol. The molecule has 0 aliphatic carbocycles. The van der Waals surface area contributed by atoms with Crippen molar-refractivity contribution in [2.45, 2.75) is 40.5 Å². The summed E-state index contributed by atoms with van der Waals surface area (Å²) in [6.45, 7) is 12.4. The van der Waals surface area contributed by atoms with Gasteiger partial charge in [0.05, 0.1) is 0 Å². The highest BCUT2D eigenvalue weighted by Crippen LogP contribution is 2.07. The first-order valence-corrected chi connectivity index (χ1v) is 5.70. The summed E-state index contributed by atoms with van der Waals surface area (Å²) < 4.78 is 0. The van der Waals surface area contributed by atoms with E-state index in [0.29, 0.717) is 0 Å². The summed E-state index contributed by atoms with van der Waals surface area (Å²) >= 11 is 0. The average Bonchev–Trinajstić information content (AvgIpc) is 2.17. The zero-order valence-electron chi connectivity index (χ0n) is 10.6. The molecule has 0 aromatic rings. The Morgan fingerprint density at radius 2 is 1.87 bits per heavy atom. The van der Waals surface area contributed by atoms with Gasteiger partial charge in [-0.15, -0.1) is 0 Å². The SMILES string of the molecule is C=CC(C)=CC=CC(C)=CCCC(C)C. The zero-order valence-corrected chi connectivity index (χ0v) is 10.6. The zero-order chi connectivity index (χ0) is 11.7. The lowest BCUT2D eigenvalue weighted by Gasteiger charge is -1.99. The van der Waals surface area contributed by atoms with Crippen molar-refractivity contribution in [1.82, 2.24) is 0 Å². The van der Waals surface area contributed by atoms with E-state index < -0.39 is 0 Å². The normalized spacial score (nSPS) is 13.9. The Morgan fingerprint density at radius 3 is 2.40 bits per heavy atom. The Kier molecular flexibility index (Phi) is 7.71. The molecule has 0 radical (unpaired) electrons. The van der Waals surface area contributed by atoms with Crippen LogP contribution in [0.5, 0.6) is 0 Å². The molecule has 15 heavy (non-hydrogen) atoms. The molecule has 0 atom stereocenters. The fourth-order valence-electron chi connectivity index (χ4n) is 1.13. The van der Waals surface area contributed by atoms with Crippen LogP contribution in [0.15, 0.2) is 48.1 Å².